The Morgan fingerprint density at radius 2 is 0.625 bits per heavy atom. The van der Waals surface area contributed by atoms with Crippen molar-refractivity contribution in [2.24, 2.45) is 0 Å². The largest absolute Gasteiger partial charge is 0.458 e. The summed E-state index contributed by atoms with van der Waals surface area (Å²) >= 11 is 0. The number of rotatable bonds is 0. The quantitative estimate of drug-likeness (QED) is 0.459. The molecule has 0 bridgehead atoms. The van der Waals surface area contributed by atoms with Crippen LogP contribution in [0, 0.1) is 0 Å². The number of hydrogen-bond donors (Lipinski definition) is 0. The van der Waals surface area contributed by atoms with E-state index in [9.17, 15) is 19.2 Å². The monoisotopic (exact) mass is 436 g/mol. The number of cyclic esters (lactones) is 4. The second-order valence-corrected chi connectivity index (χ2v) is 6.63. The van der Waals surface area contributed by atoms with E-state index in [0.29, 0.717) is 22.3 Å². The first-order valence-electron chi connectivity index (χ1n) is 9.68. The van der Waals surface area contributed by atoms with Crippen molar-refractivity contribution in [3.05, 3.63) is 95.1 Å². The topological polar surface area (TPSA) is 105 Å². The van der Waals surface area contributed by atoms with Gasteiger partial charge in [-0.3, -0.25) is 0 Å². The molecule has 0 atom stereocenters. The zero-order valence-corrected chi connectivity index (χ0v) is 17.0. The van der Waals surface area contributed by atoms with Crippen LogP contribution in [0.15, 0.2) is 72.8 Å². The van der Waals surface area contributed by atoms with Crippen molar-refractivity contribution >= 4 is 23.9 Å². The highest BCUT2D eigenvalue weighted by molar-refractivity contribution is 5.92. The molecular formula is C24H20O8. The van der Waals surface area contributed by atoms with Gasteiger partial charge in [-0.1, -0.05) is 48.5 Å². The van der Waals surface area contributed by atoms with Gasteiger partial charge in [-0.25, -0.2) is 19.2 Å². The molecule has 164 valence electrons. The highest BCUT2D eigenvalue weighted by Crippen LogP contribution is 2.14. The summed E-state index contributed by atoms with van der Waals surface area (Å²) in [6.07, 6.45) is 3.90. The highest BCUT2D eigenvalue weighted by Gasteiger charge is 2.10. The van der Waals surface area contributed by atoms with Crippen LogP contribution in [0.2, 0.25) is 0 Å². The first kappa shape index (κ1) is 22.5. The van der Waals surface area contributed by atoms with Crippen LogP contribution in [-0.2, 0) is 64.6 Å². The summed E-state index contributed by atoms with van der Waals surface area (Å²) in [6, 6.07) is 13.8. The van der Waals surface area contributed by atoms with Crippen molar-refractivity contribution in [2.75, 3.05) is 0 Å². The molecule has 0 saturated heterocycles. The number of carbonyl (C=O) groups is 4. The summed E-state index contributed by atoms with van der Waals surface area (Å²) in [7, 11) is 0. The molecule has 0 fully saturated rings. The molecule has 0 spiro atoms. The molecule has 1 heterocycles. The Kier molecular flexibility index (Phi) is 7.91. The van der Waals surface area contributed by atoms with Crippen LogP contribution in [0.25, 0.3) is 0 Å². The maximum Gasteiger partial charge on any atom is 0.331 e. The molecule has 0 amide bonds. The molecule has 0 saturated carbocycles. The first-order chi connectivity index (χ1) is 15.5. The van der Waals surface area contributed by atoms with Crippen LogP contribution in [-0.4, -0.2) is 23.9 Å². The molecule has 3 rings (SSSR count). The molecule has 32 heavy (non-hydrogen) atoms. The van der Waals surface area contributed by atoms with Gasteiger partial charge in [0, 0.05) is 24.3 Å². The Morgan fingerprint density at radius 1 is 0.406 bits per heavy atom. The minimum absolute atomic E-state index is 0.0819. The Morgan fingerprint density at radius 3 is 0.844 bits per heavy atom. The van der Waals surface area contributed by atoms with Gasteiger partial charge in [-0.05, 0) is 22.3 Å². The predicted octanol–water partition coefficient (Wildman–Crippen LogP) is 2.69. The maximum atomic E-state index is 11.9. The van der Waals surface area contributed by atoms with Crippen molar-refractivity contribution in [3.63, 3.8) is 0 Å². The SMILES string of the molecule is O=C1/C=C\C(=O)OCc2ccccc2COC(=O)/C=C\C(=O)OCc2ccccc2CO1. The van der Waals surface area contributed by atoms with E-state index >= 15 is 0 Å². The number of esters is 4. The average Bonchev–Trinajstić information content (AvgIpc) is 2.81. The van der Waals surface area contributed by atoms with Gasteiger partial charge in [0.15, 0.2) is 0 Å². The number of benzene rings is 2. The van der Waals surface area contributed by atoms with Crippen molar-refractivity contribution in [1.82, 2.24) is 0 Å². The molecule has 0 aliphatic carbocycles. The summed E-state index contributed by atoms with van der Waals surface area (Å²) in [6.45, 7) is -0.327. The van der Waals surface area contributed by atoms with Crippen molar-refractivity contribution in [2.45, 2.75) is 26.4 Å². The summed E-state index contributed by atoms with van der Waals surface area (Å²) < 4.78 is 20.6. The van der Waals surface area contributed by atoms with Crippen LogP contribution >= 0.6 is 0 Å². The lowest BCUT2D eigenvalue weighted by atomic mass is 10.1. The Hall–Kier alpha value is -4.20. The van der Waals surface area contributed by atoms with E-state index < -0.39 is 23.9 Å². The zero-order valence-electron chi connectivity index (χ0n) is 17.0. The molecule has 8 heteroatoms. The molecule has 0 aromatic heterocycles. The molecular weight excluding hydrogens is 416 g/mol. The van der Waals surface area contributed by atoms with E-state index in [4.69, 9.17) is 18.9 Å². The van der Waals surface area contributed by atoms with E-state index in [1.54, 1.807) is 48.5 Å². The molecule has 0 N–H and O–H groups in total. The van der Waals surface area contributed by atoms with Crippen molar-refractivity contribution < 1.29 is 38.1 Å². The summed E-state index contributed by atoms with van der Waals surface area (Å²) in [5.41, 5.74) is 2.50. The van der Waals surface area contributed by atoms with E-state index in [-0.39, 0.29) is 26.4 Å². The van der Waals surface area contributed by atoms with Crippen molar-refractivity contribution in [3.8, 4) is 0 Å². The Balaban J connectivity index is 1.77. The van der Waals surface area contributed by atoms with Gasteiger partial charge in [-0.2, -0.15) is 0 Å². The van der Waals surface area contributed by atoms with E-state index in [0.717, 1.165) is 24.3 Å². The lowest BCUT2D eigenvalue weighted by Crippen LogP contribution is -2.09. The highest BCUT2D eigenvalue weighted by atomic mass is 16.5. The van der Waals surface area contributed by atoms with Gasteiger partial charge in [-0.15, -0.1) is 0 Å². The lowest BCUT2D eigenvalue weighted by molar-refractivity contribution is -0.142. The number of ether oxygens (including phenoxy) is 4. The van der Waals surface area contributed by atoms with Crippen molar-refractivity contribution in [1.29, 1.82) is 0 Å². The van der Waals surface area contributed by atoms with Gasteiger partial charge in [0.2, 0.25) is 0 Å². The molecule has 0 radical (unpaired) electrons. The van der Waals surface area contributed by atoms with Crippen LogP contribution < -0.4 is 0 Å². The van der Waals surface area contributed by atoms with E-state index in [2.05, 4.69) is 0 Å². The van der Waals surface area contributed by atoms with Crippen LogP contribution in [0.5, 0.6) is 0 Å². The summed E-state index contributed by atoms with van der Waals surface area (Å²) in [4.78, 5) is 47.7. The standard InChI is InChI=1S/C24H20O8/c25-21-9-10-23(27)31-15-19-7-3-4-8-20(19)16-32-24(28)12-11-22(26)30-14-18-6-2-1-5-17(18)13-29-21/h1-12H,13-16H2/b10-9-,12-11-. The third kappa shape index (κ3) is 6.94. The average molecular weight is 436 g/mol. The fourth-order valence-corrected chi connectivity index (χ4v) is 2.74. The predicted molar refractivity (Wildman–Crippen MR) is 110 cm³/mol. The fourth-order valence-electron chi connectivity index (χ4n) is 2.74. The molecule has 2 aromatic carbocycles. The smallest absolute Gasteiger partial charge is 0.331 e. The first-order valence-corrected chi connectivity index (χ1v) is 9.68. The van der Waals surface area contributed by atoms with Gasteiger partial charge in [0.1, 0.15) is 26.4 Å². The second-order valence-electron chi connectivity index (χ2n) is 6.63. The van der Waals surface area contributed by atoms with E-state index in [1.807, 2.05) is 0 Å². The maximum absolute atomic E-state index is 11.9. The van der Waals surface area contributed by atoms with E-state index in [1.165, 1.54) is 0 Å². The van der Waals surface area contributed by atoms with Crippen LogP contribution in [0.4, 0.5) is 0 Å². The number of hydrogen-bond acceptors (Lipinski definition) is 8. The summed E-state index contributed by atoms with van der Waals surface area (Å²) in [5, 5.41) is 0. The molecule has 2 aromatic rings. The molecule has 0 unspecified atom stereocenters. The van der Waals surface area contributed by atoms with Crippen LogP contribution in [0.3, 0.4) is 0 Å². The molecule has 8 nitrogen and oxygen atoms in total. The molecule has 1 aliphatic rings. The third-order valence-electron chi connectivity index (χ3n) is 4.43. The zero-order chi connectivity index (χ0) is 22.8. The number of carbonyl (C=O) groups excluding carboxylic acids is 4. The lowest BCUT2D eigenvalue weighted by Gasteiger charge is -2.10. The van der Waals surface area contributed by atoms with Gasteiger partial charge in [0.25, 0.3) is 0 Å². The second kappa shape index (κ2) is 11.3. The summed E-state index contributed by atoms with van der Waals surface area (Å²) in [5.74, 6) is -2.89. The Labute approximate surface area is 184 Å². The number of fused-ring (bicyclic) bond motifs is 2. The van der Waals surface area contributed by atoms with Gasteiger partial charge < -0.3 is 18.9 Å². The van der Waals surface area contributed by atoms with Gasteiger partial charge >= 0.3 is 23.9 Å². The minimum Gasteiger partial charge on any atom is -0.458 e. The fraction of sp³-hybridized carbons (Fsp3) is 0.167. The van der Waals surface area contributed by atoms with Crippen LogP contribution in [0.1, 0.15) is 22.3 Å². The minimum atomic E-state index is -0.724. The van der Waals surface area contributed by atoms with Gasteiger partial charge in [0.05, 0.1) is 0 Å². The third-order valence-corrected chi connectivity index (χ3v) is 4.43. The molecule has 1 aliphatic heterocycles. The Bertz CT molecular complexity index is 900. The normalized spacial score (nSPS) is 18.0.